The SMILES string of the molecule is CC(C)(CCSc1ccc(SCCC(C)(C)C(=O)Oc2ccccc2)cc1)C(=O)Oc1ccccc1. The van der Waals surface area contributed by atoms with Gasteiger partial charge in [-0.25, -0.2) is 0 Å². The molecule has 0 N–H and O–H groups in total. The van der Waals surface area contributed by atoms with Crippen molar-refractivity contribution in [3.05, 3.63) is 84.9 Å². The van der Waals surface area contributed by atoms with E-state index in [9.17, 15) is 9.59 Å². The Morgan fingerprint density at radius 2 is 0.917 bits per heavy atom. The van der Waals surface area contributed by atoms with Crippen LogP contribution in [0.15, 0.2) is 94.7 Å². The molecular formula is C30H34O4S2. The molecule has 0 saturated heterocycles. The molecule has 3 aromatic carbocycles. The highest BCUT2D eigenvalue weighted by atomic mass is 32.2. The molecular weight excluding hydrogens is 488 g/mol. The van der Waals surface area contributed by atoms with E-state index in [4.69, 9.17) is 9.47 Å². The van der Waals surface area contributed by atoms with E-state index in [-0.39, 0.29) is 11.9 Å². The molecule has 0 radical (unpaired) electrons. The predicted molar refractivity (Wildman–Crippen MR) is 149 cm³/mol. The van der Waals surface area contributed by atoms with Crippen LogP contribution in [0.1, 0.15) is 40.5 Å². The van der Waals surface area contributed by atoms with E-state index in [1.165, 1.54) is 9.79 Å². The second-order valence-corrected chi connectivity index (χ2v) is 12.2. The molecule has 3 aromatic rings. The van der Waals surface area contributed by atoms with Crippen molar-refractivity contribution in [3.8, 4) is 11.5 Å². The van der Waals surface area contributed by atoms with Gasteiger partial charge in [-0.3, -0.25) is 9.59 Å². The van der Waals surface area contributed by atoms with Gasteiger partial charge < -0.3 is 9.47 Å². The standard InChI is InChI=1S/C30H34O4S2/c1-29(2,27(31)33-23-11-7-5-8-12-23)19-21-35-25-15-17-26(18-16-25)36-22-20-30(3,4)28(32)34-24-13-9-6-10-14-24/h5-18H,19-22H2,1-4H3. The van der Waals surface area contributed by atoms with Gasteiger partial charge in [0.05, 0.1) is 10.8 Å². The minimum Gasteiger partial charge on any atom is -0.426 e. The summed E-state index contributed by atoms with van der Waals surface area (Å²) in [5.41, 5.74) is -1.12. The highest BCUT2D eigenvalue weighted by Gasteiger charge is 2.30. The van der Waals surface area contributed by atoms with Gasteiger partial charge in [0.25, 0.3) is 0 Å². The lowest BCUT2D eigenvalue weighted by Gasteiger charge is -2.22. The molecule has 0 aromatic heterocycles. The molecule has 190 valence electrons. The second-order valence-electron chi connectivity index (χ2n) is 9.84. The normalized spacial score (nSPS) is 11.7. The number of hydrogen-bond donors (Lipinski definition) is 0. The number of esters is 2. The first-order valence-corrected chi connectivity index (χ1v) is 14.0. The number of para-hydroxylation sites is 2. The van der Waals surface area contributed by atoms with Gasteiger partial charge >= 0.3 is 11.9 Å². The Morgan fingerprint density at radius 1 is 0.583 bits per heavy atom. The molecule has 0 saturated carbocycles. The minimum absolute atomic E-state index is 0.211. The Labute approximate surface area is 223 Å². The van der Waals surface area contributed by atoms with E-state index >= 15 is 0 Å². The van der Waals surface area contributed by atoms with Crippen LogP contribution in [0.3, 0.4) is 0 Å². The van der Waals surface area contributed by atoms with Gasteiger partial charge in [-0.1, -0.05) is 36.4 Å². The van der Waals surface area contributed by atoms with Crippen LogP contribution < -0.4 is 9.47 Å². The molecule has 0 aliphatic carbocycles. The summed E-state index contributed by atoms with van der Waals surface area (Å²) in [5.74, 6) is 2.37. The molecule has 36 heavy (non-hydrogen) atoms. The number of thioether (sulfide) groups is 2. The summed E-state index contributed by atoms with van der Waals surface area (Å²) in [4.78, 5) is 27.5. The summed E-state index contributed by atoms with van der Waals surface area (Å²) in [7, 11) is 0. The Bertz CT molecular complexity index is 1020. The van der Waals surface area contributed by atoms with Crippen molar-refractivity contribution in [2.75, 3.05) is 11.5 Å². The van der Waals surface area contributed by atoms with Crippen LogP contribution >= 0.6 is 23.5 Å². The average molecular weight is 523 g/mol. The number of carbonyl (C=O) groups excluding carboxylic acids is 2. The van der Waals surface area contributed by atoms with Crippen molar-refractivity contribution in [2.45, 2.75) is 50.3 Å². The fraction of sp³-hybridized carbons (Fsp3) is 0.333. The smallest absolute Gasteiger partial charge is 0.316 e. The first-order valence-electron chi connectivity index (χ1n) is 12.1. The zero-order chi connectivity index (χ0) is 26.0. The highest BCUT2D eigenvalue weighted by Crippen LogP contribution is 2.32. The molecule has 0 aliphatic rings. The zero-order valence-electron chi connectivity index (χ0n) is 21.4. The van der Waals surface area contributed by atoms with Crippen LogP contribution in [0, 0.1) is 10.8 Å². The third-order valence-electron chi connectivity index (χ3n) is 5.83. The maximum atomic E-state index is 12.6. The summed E-state index contributed by atoms with van der Waals surface area (Å²) in [6, 6.07) is 26.8. The quantitative estimate of drug-likeness (QED) is 0.137. The summed E-state index contributed by atoms with van der Waals surface area (Å²) < 4.78 is 11.0. The maximum Gasteiger partial charge on any atom is 0.316 e. The molecule has 4 nitrogen and oxygen atoms in total. The fourth-order valence-corrected chi connectivity index (χ4v) is 5.50. The first kappa shape index (κ1) is 27.9. The van der Waals surface area contributed by atoms with Gasteiger partial charge in [0, 0.05) is 9.79 Å². The third kappa shape index (κ3) is 8.75. The number of ether oxygens (including phenoxy) is 2. The molecule has 0 atom stereocenters. The molecule has 0 aliphatic heterocycles. The van der Waals surface area contributed by atoms with Gasteiger partial charge in [-0.2, -0.15) is 0 Å². The lowest BCUT2D eigenvalue weighted by atomic mass is 9.90. The summed E-state index contributed by atoms with van der Waals surface area (Å²) in [5, 5.41) is 0. The van der Waals surface area contributed by atoms with E-state index < -0.39 is 10.8 Å². The lowest BCUT2D eigenvalue weighted by Crippen LogP contribution is -2.29. The molecule has 0 bridgehead atoms. The van der Waals surface area contributed by atoms with Gasteiger partial charge in [0.2, 0.25) is 0 Å². The first-order chi connectivity index (χ1) is 17.2. The fourth-order valence-electron chi connectivity index (χ4n) is 3.15. The molecule has 0 spiro atoms. The Kier molecular flexibility index (Phi) is 10.1. The van der Waals surface area contributed by atoms with E-state index in [0.717, 1.165) is 11.5 Å². The molecule has 0 fully saturated rings. The van der Waals surface area contributed by atoms with E-state index in [1.807, 2.05) is 64.1 Å². The number of carbonyl (C=O) groups is 2. The number of benzene rings is 3. The van der Waals surface area contributed by atoms with E-state index in [0.29, 0.717) is 24.3 Å². The minimum atomic E-state index is -0.562. The molecule has 0 heterocycles. The van der Waals surface area contributed by atoms with Crippen molar-refractivity contribution in [1.29, 1.82) is 0 Å². The van der Waals surface area contributed by atoms with Crippen molar-refractivity contribution in [1.82, 2.24) is 0 Å². The summed E-state index contributed by atoms with van der Waals surface area (Å²) in [6.45, 7) is 7.71. The third-order valence-corrected chi connectivity index (χ3v) is 7.86. The summed E-state index contributed by atoms with van der Waals surface area (Å²) in [6.07, 6.45) is 1.43. The molecule has 0 amide bonds. The van der Waals surface area contributed by atoms with Crippen LogP contribution in [-0.4, -0.2) is 23.4 Å². The van der Waals surface area contributed by atoms with Gasteiger partial charge in [-0.05, 0) is 101 Å². The Hall–Kier alpha value is -2.70. The lowest BCUT2D eigenvalue weighted by molar-refractivity contribution is -0.144. The Balaban J connectivity index is 1.39. The summed E-state index contributed by atoms with van der Waals surface area (Å²) >= 11 is 3.47. The Morgan fingerprint density at radius 3 is 1.25 bits per heavy atom. The largest absolute Gasteiger partial charge is 0.426 e. The molecule has 0 unspecified atom stereocenters. The van der Waals surface area contributed by atoms with Crippen LogP contribution in [-0.2, 0) is 9.59 Å². The average Bonchev–Trinajstić information content (AvgIpc) is 2.86. The maximum absolute atomic E-state index is 12.6. The van der Waals surface area contributed by atoms with Crippen LogP contribution in [0.25, 0.3) is 0 Å². The second kappa shape index (κ2) is 13.0. The van der Waals surface area contributed by atoms with Crippen molar-refractivity contribution >= 4 is 35.5 Å². The van der Waals surface area contributed by atoms with Gasteiger partial charge in [0.15, 0.2) is 0 Å². The van der Waals surface area contributed by atoms with Crippen molar-refractivity contribution < 1.29 is 19.1 Å². The number of hydrogen-bond acceptors (Lipinski definition) is 6. The number of rotatable bonds is 12. The topological polar surface area (TPSA) is 52.6 Å². The highest BCUT2D eigenvalue weighted by molar-refractivity contribution is 7.99. The van der Waals surface area contributed by atoms with E-state index in [2.05, 4.69) is 24.3 Å². The van der Waals surface area contributed by atoms with Crippen LogP contribution in [0.5, 0.6) is 11.5 Å². The van der Waals surface area contributed by atoms with Crippen LogP contribution in [0.4, 0.5) is 0 Å². The van der Waals surface area contributed by atoms with Crippen molar-refractivity contribution in [2.24, 2.45) is 10.8 Å². The van der Waals surface area contributed by atoms with Crippen LogP contribution in [0.2, 0.25) is 0 Å². The predicted octanol–water partition coefficient (Wildman–Crippen LogP) is 7.91. The monoisotopic (exact) mass is 522 g/mol. The molecule has 6 heteroatoms. The van der Waals surface area contributed by atoms with Gasteiger partial charge in [-0.15, -0.1) is 23.5 Å². The van der Waals surface area contributed by atoms with E-state index in [1.54, 1.807) is 47.8 Å². The zero-order valence-corrected chi connectivity index (χ0v) is 23.0. The molecule has 3 rings (SSSR count). The van der Waals surface area contributed by atoms with Crippen molar-refractivity contribution in [3.63, 3.8) is 0 Å². The van der Waals surface area contributed by atoms with Gasteiger partial charge in [0.1, 0.15) is 11.5 Å².